The minimum absolute atomic E-state index is 0.0972. The van der Waals surface area contributed by atoms with Crippen LogP contribution in [0.15, 0.2) is 23.1 Å². The fourth-order valence-corrected chi connectivity index (χ4v) is 1.68. The van der Waals surface area contributed by atoms with E-state index in [9.17, 15) is 0 Å². The van der Waals surface area contributed by atoms with Gasteiger partial charge >= 0.3 is 0 Å². The minimum Gasteiger partial charge on any atom is -0.398 e. The van der Waals surface area contributed by atoms with Gasteiger partial charge in [0.25, 0.3) is 0 Å². The summed E-state index contributed by atoms with van der Waals surface area (Å²) in [5.74, 6) is 0. The standard InChI is InChI=1S/C11H18N2S/c1-11(2,5-6-12)8-3-4-9(13)10(14)7-8/h3-4,7,14H,5-6,12-13H2,1-2H3. The second kappa shape index (κ2) is 4.24. The van der Waals surface area contributed by atoms with Crippen LogP contribution in [0.5, 0.6) is 0 Å². The summed E-state index contributed by atoms with van der Waals surface area (Å²) in [5.41, 5.74) is 13.3. The molecule has 0 aromatic heterocycles. The van der Waals surface area contributed by atoms with Crippen molar-refractivity contribution in [3.05, 3.63) is 23.8 Å². The molecule has 0 saturated heterocycles. The zero-order chi connectivity index (χ0) is 10.8. The zero-order valence-electron chi connectivity index (χ0n) is 8.75. The number of rotatable bonds is 3. The fourth-order valence-electron chi connectivity index (χ4n) is 1.47. The molecule has 0 aliphatic rings. The lowest BCUT2D eigenvalue weighted by Gasteiger charge is -2.25. The number of nitrogen functional groups attached to an aromatic ring is 1. The Morgan fingerprint density at radius 1 is 1.36 bits per heavy atom. The van der Waals surface area contributed by atoms with Crippen LogP contribution in [0.2, 0.25) is 0 Å². The van der Waals surface area contributed by atoms with Crippen LogP contribution in [0, 0.1) is 0 Å². The van der Waals surface area contributed by atoms with Gasteiger partial charge in [0.2, 0.25) is 0 Å². The van der Waals surface area contributed by atoms with E-state index in [0.29, 0.717) is 6.54 Å². The molecular formula is C11H18N2S. The van der Waals surface area contributed by atoms with Crippen molar-refractivity contribution < 1.29 is 0 Å². The largest absolute Gasteiger partial charge is 0.398 e. The normalized spacial score (nSPS) is 11.7. The van der Waals surface area contributed by atoms with Crippen LogP contribution < -0.4 is 11.5 Å². The van der Waals surface area contributed by atoms with Gasteiger partial charge in [-0.05, 0) is 36.1 Å². The number of anilines is 1. The van der Waals surface area contributed by atoms with Crippen molar-refractivity contribution in [1.82, 2.24) is 0 Å². The maximum atomic E-state index is 5.70. The average Bonchev–Trinajstić information content (AvgIpc) is 2.09. The maximum Gasteiger partial charge on any atom is 0.0449 e. The summed E-state index contributed by atoms with van der Waals surface area (Å²) in [7, 11) is 0. The van der Waals surface area contributed by atoms with Crippen LogP contribution in [0.4, 0.5) is 5.69 Å². The highest BCUT2D eigenvalue weighted by atomic mass is 32.1. The third-order valence-corrected chi connectivity index (χ3v) is 2.97. The third kappa shape index (κ3) is 2.42. The lowest BCUT2D eigenvalue weighted by molar-refractivity contribution is 0.487. The number of thiol groups is 1. The molecule has 0 saturated carbocycles. The van der Waals surface area contributed by atoms with Gasteiger partial charge in [-0.2, -0.15) is 0 Å². The van der Waals surface area contributed by atoms with E-state index >= 15 is 0 Å². The Hall–Kier alpha value is -0.670. The maximum absolute atomic E-state index is 5.70. The molecule has 14 heavy (non-hydrogen) atoms. The molecular weight excluding hydrogens is 192 g/mol. The monoisotopic (exact) mass is 210 g/mol. The Bertz CT molecular complexity index is 321. The second-order valence-electron chi connectivity index (χ2n) is 4.20. The highest BCUT2D eigenvalue weighted by molar-refractivity contribution is 7.80. The van der Waals surface area contributed by atoms with Crippen LogP contribution in [-0.4, -0.2) is 6.54 Å². The van der Waals surface area contributed by atoms with E-state index in [2.05, 4.69) is 26.5 Å². The van der Waals surface area contributed by atoms with Gasteiger partial charge in [0.15, 0.2) is 0 Å². The number of hydrogen-bond acceptors (Lipinski definition) is 3. The summed E-state index contributed by atoms with van der Waals surface area (Å²) >= 11 is 4.31. The van der Waals surface area contributed by atoms with Crippen molar-refractivity contribution in [2.45, 2.75) is 30.6 Å². The van der Waals surface area contributed by atoms with E-state index in [1.807, 2.05) is 18.2 Å². The van der Waals surface area contributed by atoms with Crippen LogP contribution >= 0.6 is 12.6 Å². The van der Waals surface area contributed by atoms with Gasteiger partial charge in [-0.25, -0.2) is 0 Å². The molecule has 0 spiro atoms. The first kappa shape index (κ1) is 11.4. The van der Waals surface area contributed by atoms with Gasteiger partial charge in [0.1, 0.15) is 0 Å². The summed E-state index contributed by atoms with van der Waals surface area (Å²) in [6, 6.07) is 5.97. The molecule has 1 aromatic carbocycles. The van der Waals surface area contributed by atoms with Crippen molar-refractivity contribution in [1.29, 1.82) is 0 Å². The smallest absolute Gasteiger partial charge is 0.0449 e. The van der Waals surface area contributed by atoms with Crippen LogP contribution in [0.25, 0.3) is 0 Å². The van der Waals surface area contributed by atoms with E-state index in [0.717, 1.165) is 17.0 Å². The van der Waals surface area contributed by atoms with E-state index < -0.39 is 0 Å². The molecule has 1 rings (SSSR count). The van der Waals surface area contributed by atoms with Crippen molar-refractivity contribution in [2.24, 2.45) is 5.73 Å². The Kier molecular flexibility index (Phi) is 3.45. The summed E-state index contributed by atoms with van der Waals surface area (Å²) in [5, 5.41) is 0. The molecule has 0 radical (unpaired) electrons. The molecule has 0 heterocycles. The topological polar surface area (TPSA) is 52.0 Å². The number of nitrogens with two attached hydrogens (primary N) is 2. The Labute approximate surface area is 91.1 Å². The first-order valence-electron chi connectivity index (χ1n) is 4.76. The predicted octanol–water partition coefficient (Wildman–Crippen LogP) is 2.18. The van der Waals surface area contributed by atoms with Gasteiger partial charge in [-0.15, -0.1) is 12.6 Å². The van der Waals surface area contributed by atoms with Gasteiger partial charge in [0.05, 0.1) is 0 Å². The fraction of sp³-hybridized carbons (Fsp3) is 0.455. The lowest BCUT2D eigenvalue weighted by Crippen LogP contribution is -2.21. The SMILES string of the molecule is CC(C)(CCN)c1ccc(N)c(S)c1. The van der Waals surface area contributed by atoms with Crippen molar-refractivity contribution in [2.75, 3.05) is 12.3 Å². The van der Waals surface area contributed by atoms with Gasteiger partial charge < -0.3 is 11.5 Å². The predicted molar refractivity (Wildman–Crippen MR) is 64.8 cm³/mol. The molecule has 0 aliphatic carbocycles. The quantitative estimate of drug-likeness (QED) is 0.529. The molecule has 2 nitrogen and oxygen atoms in total. The minimum atomic E-state index is 0.0972. The average molecular weight is 210 g/mol. The molecule has 1 aromatic rings. The Balaban J connectivity index is 3.01. The highest BCUT2D eigenvalue weighted by Gasteiger charge is 2.19. The first-order valence-corrected chi connectivity index (χ1v) is 5.21. The molecule has 0 amide bonds. The molecule has 0 aliphatic heterocycles. The summed E-state index contributed by atoms with van der Waals surface area (Å²) < 4.78 is 0. The molecule has 4 N–H and O–H groups in total. The van der Waals surface area contributed by atoms with E-state index in [1.165, 1.54) is 5.56 Å². The first-order chi connectivity index (χ1) is 6.47. The molecule has 3 heteroatoms. The van der Waals surface area contributed by atoms with Crippen LogP contribution in [-0.2, 0) is 5.41 Å². The van der Waals surface area contributed by atoms with Crippen molar-refractivity contribution >= 4 is 18.3 Å². The molecule has 0 unspecified atom stereocenters. The lowest BCUT2D eigenvalue weighted by atomic mass is 9.81. The summed E-state index contributed by atoms with van der Waals surface area (Å²) in [6.45, 7) is 5.05. The van der Waals surface area contributed by atoms with Crippen LogP contribution in [0.1, 0.15) is 25.8 Å². The van der Waals surface area contributed by atoms with Crippen LogP contribution in [0.3, 0.4) is 0 Å². The van der Waals surface area contributed by atoms with Gasteiger partial charge in [-0.1, -0.05) is 19.9 Å². The number of hydrogen-bond donors (Lipinski definition) is 3. The molecule has 78 valence electrons. The van der Waals surface area contributed by atoms with E-state index in [4.69, 9.17) is 11.5 Å². The third-order valence-electron chi connectivity index (χ3n) is 2.58. The Morgan fingerprint density at radius 2 is 2.00 bits per heavy atom. The van der Waals surface area contributed by atoms with Gasteiger partial charge in [-0.3, -0.25) is 0 Å². The summed E-state index contributed by atoms with van der Waals surface area (Å²) in [6.07, 6.45) is 0.962. The summed E-state index contributed by atoms with van der Waals surface area (Å²) in [4.78, 5) is 0.840. The second-order valence-corrected chi connectivity index (χ2v) is 4.68. The van der Waals surface area contributed by atoms with E-state index in [-0.39, 0.29) is 5.41 Å². The zero-order valence-corrected chi connectivity index (χ0v) is 9.64. The molecule has 0 fully saturated rings. The van der Waals surface area contributed by atoms with Crippen molar-refractivity contribution in [3.63, 3.8) is 0 Å². The molecule has 0 atom stereocenters. The van der Waals surface area contributed by atoms with Crippen molar-refractivity contribution in [3.8, 4) is 0 Å². The molecule has 0 bridgehead atoms. The number of benzene rings is 1. The van der Waals surface area contributed by atoms with E-state index in [1.54, 1.807) is 0 Å². The Morgan fingerprint density at radius 3 is 2.50 bits per heavy atom. The van der Waals surface area contributed by atoms with Gasteiger partial charge in [0, 0.05) is 10.6 Å². The highest BCUT2D eigenvalue weighted by Crippen LogP contribution is 2.29.